The molecule has 0 radical (unpaired) electrons. The topological polar surface area (TPSA) is 55.2 Å². The highest BCUT2D eigenvalue weighted by atomic mass is 79.9. The van der Waals surface area contributed by atoms with Crippen LogP contribution < -0.4 is 5.32 Å². The van der Waals surface area contributed by atoms with Gasteiger partial charge in [-0.3, -0.25) is 10.1 Å². The van der Waals surface area contributed by atoms with Crippen molar-refractivity contribution in [2.75, 3.05) is 5.32 Å². The average molecular weight is 325 g/mol. The second-order valence-electron chi connectivity index (χ2n) is 3.88. The van der Waals surface area contributed by atoms with E-state index in [9.17, 15) is 14.5 Å². The first kappa shape index (κ1) is 13.5. The van der Waals surface area contributed by atoms with Crippen molar-refractivity contribution >= 4 is 27.3 Å². The molecule has 98 valence electrons. The van der Waals surface area contributed by atoms with E-state index >= 15 is 0 Å². The summed E-state index contributed by atoms with van der Waals surface area (Å²) in [4.78, 5) is 10.4. The van der Waals surface area contributed by atoms with Crippen LogP contribution in [0.25, 0.3) is 0 Å². The van der Waals surface area contributed by atoms with E-state index in [1.165, 1.54) is 12.1 Å². The summed E-state index contributed by atoms with van der Waals surface area (Å²) in [5.41, 5.74) is 1.28. The Bertz CT molecular complexity index is 619. The van der Waals surface area contributed by atoms with Crippen molar-refractivity contribution in [2.45, 2.75) is 6.54 Å². The predicted molar refractivity (Wildman–Crippen MR) is 74.5 cm³/mol. The first-order valence-corrected chi connectivity index (χ1v) is 6.28. The molecule has 0 aromatic heterocycles. The minimum absolute atomic E-state index is 0.0173. The van der Waals surface area contributed by atoms with Gasteiger partial charge in [-0.15, -0.1) is 0 Å². The SMILES string of the molecule is O=[N+]([O-])c1ccccc1NCc1ccc(F)c(Br)c1. The highest BCUT2D eigenvalue weighted by Crippen LogP contribution is 2.24. The van der Waals surface area contributed by atoms with E-state index < -0.39 is 4.92 Å². The van der Waals surface area contributed by atoms with Crippen molar-refractivity contribution in [3.63, 3.8) is 0 Å². The molecule has 0 unspecified atom stereocenters. The van der Waals surface area contributed by atoms with E-state index in [-0.39, 0.29) is 11.5 Å². The van der Waals surface area contributed by atoms with Gasteiger partial charge in [0.25, 0.3) is 5.69 Å². The Morgan fingerprint density at radius 2 is 2.00 bits per heavy atom. The molecule has 2 aromatic carbocycles. The molecule has 19 heavy (non-hydrogen) atoms. The Balaban J connectivity index is 2.14. The van der Waals surface area contributed by atoms with E-state index in [0.29, 0.717) is 16.7 Å². The van der Waals surface area contributed by atoms with Crippen LogP contribution in [-0.2, 0) is 6.54 Å². The first-order chi connectivity index (χ1) is 9.08. The summed E-state index contributed by atoms with van der Waals surface area (Å²) in [5.74, 6) is -0.338. The van der Waals surface area contributed by atoms with Gasteiger partial charge >= 0.3 is 0 Å². The summed E-state index contributed by atoms with van der Waals surface area (Å²) < 4.78 is 13.4. The number of hydrogen-bond donors (Lipinski definition) is 1. The van der Waals surface area contributed by atoms with Crippen LogP contribution in [0.15, 0.2) is 46.9 Å². The molecule has 0 saturated heterocycles. The number of benzene rings is 2. The Labute approximate surface area is 117 Å². The molecule has 0 atom stereocenters. The molecule has 0 aliphatic carbocycles. The van der Waals surface area contributed by atoms with Crippen molar-refractivity contribution in [1.82, 2.24) is 0 Å². The molecule has 0 amide bonds. The Morgan fingerprint density at radius 3 is 2.68 bits per heavy atom. The predicted octanol–water partition coefficient (Wildman–Crippen LogP) is 4.11. The van der Waals surface area contributed by atoms with Crippen LogP contribution in [0.1, 0.15) is 5.56 Å². The Kier molecular flexibility index (Phi) is 4.11. The lowest BCUT2D eigenvalue weighted by molar-refractivity contribution is -0.384. The molecule has 0 heterocycles. The minimum atomic E-state index is -0.442. The normalized spacial score (nSPS) is 10.2. The molecule has 6 heteroatoms. The van der Waals surface area contributed by atoms with Crippen molar-refractivity contribution in [3.05, 3.63) is 68.4 Å². The maximum absolute atomic E-state index is 13.1. The lowest BCUT2D eigenvalue weighted by atomic mass is 10.2. The molecule has 0 spiro atoms. The van der Waals surface area contributed by atoms with Gasteiger partial charge in [-0.1, -0.05) is 18.2 Å². The van der Waals surface area contributed by atoms with Gasteiger partial charge in [0.1, 0.15) is 11.5 Å². The largest absolute Gasteiger partial charge is 0.375 e. The molecule has 1 N–H and O–H groups in total. The summed E-state index contributed by atoms with van der Waals surface area (Å²) >= 11 is 3.10. The van der Waals surface area contributed by atoms with Crippen LogP contribution in [-0.4, -0.2) is 4.92 Å². The van der Waals surface area contributed by atoms with Crippen LogP contribution in [0.2, 0.25) is 0 Å². The van der Waals surface area contributed by atoms with Crippen molar-refractivity contribution < 1.29 is 9.31 Å². The molecular formula is C13H10BrFN2O2. The fourth-order valence-electron chi connectivity index (χ4n) is 1.63. The third-order valence-electron chi connectivity index (χ3n) is 2.57. The molecule has 2 aromatic rings. The number of halogens is 2. The molecule has 2 rings (SSSR count). The molecule has 4 nitrogen and oxygen atoms in total. The first-order valence-electron chi connectivity index (χ1n) is 5.49. The van der Waals surface area contributed by atoms with E-state index in [4.69, 9.17) is 0 Å². The molecule has 0 saturated carbocycles. The maximum Gasteiger partial charge on any atom is 0.292 e. The number of nitro groups is 1. The quantitative estimate of drug-likeness (QED) is 0.680. The fourth-order valence-corrected chi connectivity index (χ4v) is 2.06. The summed E-state index contributed by atoms with van der Waals surface area (Å²) in [6.07, 6.45) is 0. The van der Waals surface area contributed by atoms with Gasteiger partial charge in [0, 0.05) is 12.6 Å². The number of nitrogens with zero attached hydrogens (tertiary/aromatic N) is 1. The van der Waals surface area contributed by atoms with Gasteiger partial charge in [0.05, 0.1) is 9.40 Å². The zero-order valence-electron chi connectivity index (χ0n) is 9.77. The second kappa shape index (κ2) is 5.79. The van der Waals surface area contributed by atoms with Crippen molar-refractivity contribution in [1.29, 1.82) is 0 Å². The number of para-hydroxylation sites is 2. The molecule has 0 aliphatic heterocycles. The number of nitrogens with one attached hydrogen (secondary N) is 1. The Morgan fingerprint density at radius 1 is 1.26 bits per heavy atom. The van der Waals surface area contributed by atoms with Gasteiger partial charge in [-0.2, -0.15) is 0 Å². The van der Waals surface area contributed by atoms with Crippen molar-refractivity contribution in [3.8, 4) is 0 Å². The smallest absolute Gasteiger partial charge is 0.292 e. The lowest BCUT2D eigenvalue weighted by Gasteiger charge is -2.07. The van der Waals surface area contributed by atoms with Crippen LogP contribution in [0.4, 0.5) is 15.8 Å². The number of hydrogen-bond acceptors (Lipinski definition) is 3. The summed E-state index contributed by atoms with van der Waals surface area (Å²) in [6.45, 7) is 0.379. The molecule has 0 bridgehead atoms. The van der Waals surface area contributed by atoms with Gasteiger partial charge in [0.15, 0.2) is 0 Å². The second-order valence-corrected chi connectivity index (χ2v) is 4.73. The monoisotopic (exact) mass is 324 g/mol. The van der Waals surface area contributed by atoms with E-state index in [0.717, 1.165) is 5.56 Å². The van der Waals surface area contributed by atoms with E-state index in [2.05, 4.69) is 21.2 Å². The van der Waals surface area contributed by atoms with Gasteiger partial charge in [-0.05, 0) is 39.7 Å². The molecule has 0 aliphatic rings. The summed E-state index contributed by atoms with van der Waals surface area (Å²) in [5, 5.41) is 13.8. The summed E-state index contributed by atoms with van der Waals surface area (Å²) in [6, 6.07) is 11.0. The molecular weight excluding hydrogens is 315 g/mol. The van der Waals surface area contributed by atoms with Crippen molar-refractivity contribution in [2.24, 2.45) is 0 Å². The standard InChI is InChI=1S/C13H10BrFN2O2/c14-10-7-9(5-6-11(10)15)8-16-12-3-1-2-4-13(12)17(18)19/h1-7,16H,8H2. The highest BCUT2D eigenvalue weighted by molar-refractivity contribution is 9.10. The zero-order chi connectivity index (χ0) is 13.8. The summed E-state index contributed by atoms with van der Waals surface area (Å²) in [7, 11) is 0. The van der Waals surface area contributed by atoms with E-state index in [1.54, 1.807) is 30.3 Å². The third kappa shape index (κ3) is 3.29. The van der Waals surface area contributed by atoms with E-state index in [1.807, 2.05) is 0 Å². The fraction of sp³-hybridized carbons (Fsp3) is 0.0769. The third-order valence-corrected chi connectivity index (χ3v) is 3.18. The average Bonchev–Trinajstić information content (AvgIpc) is 2.40. The number of rotatable bonds is 4. The van der Waals surface area contributed by atoms with Crippen LogP contribution in [0.3, 0.4) is 0 Å². The van der Waals surface area contributed by atoms with Crippen LogP contribution >= 0.6 is 15.9 Å². The van der Waals surface area contributed by atoms with Crippen LogP contribution in [0.5, 0.6) is 0 Å². The van der Waals surface area contributed by atoms with Crippen LogP contribution in [0, 0.1) is 15.9 Å². The maximum atomic E-state index is 13.1. The number of anilines is 1. The zero-order valence-corrected chi connectivity index (χ0v) is 11.4. The van der Waals surface area contributed by atoms with Gasteiger partial charge < -0.3 is 5.32 Å². The number of nitro benzene ring substituents is 1. The minimum Gasteiger partial charge on any atom is -0.375 e. The lowest BCUT2D eigenvalue weighted by Crippen LogP contribution is -2.02. The van der Waals surface area contributed by atoms with Gasteiger partial charge in [0.2, 0.25) is 0 Å². The Hall–Kier alpha value is -1.95. The highest BCUT2D eigenvalue weighted by Gasteiger charge is 2.11. The molecule has 0 fully saturated rings. The van der Waals surface area contributed by atoms with Gasteiger partial charge in [-0.25, -0.2) is 4.39 Å².